The summed E-state index contributed by atoms with van der Waals surface area (Å²) in [5.41, 5.74) is 1.21. The molecule has 150 valence electrons. The number of carbonyl (C=O) groups is 2. The zero-order valence-corrected chi connectivity index (χ0v) is 20.9. The minimum atomic E-state index is -1.14. The Morgan fingerprint density at radius 3 is 2.38 bits per heavy atom. The molecule has 0 spiro atoms. The largest absolute Gasteiger partial charge is 0.494 e. The van der Waals surface area contributed by atoms with Crippen LogP contribution in [0.25, 0.3) is 10.4 Å². The van der Waals surface area contributed by atoms with Crippen LogP contribution in [0.5, 0.6) is 5.75 Å². The number of thiophene rings is 1. The van der Waals surface area contributed by atoms with Crippen LogP contribution < -0.4 is 10.1 Å². The Morgan fingerprint density at radius 1 is 1.14 bits per heavy atom. The van der Waals surface area contributed by atoms with E-state index in [0.29, 0.717) is 34.6 Å². The Morgan fingerprint density at radius 2 is 1.79 bits per heavy atom. The molecule has 0 saturated carbocycles. The highest BCUT2D eigenvalue weighted by Crippen LogP contribution is 2.42. The Kier molecular flexibility index (Phi) is 7.06. The summed E-state index contributed by atoms with van der Waals surface area (Å²) in [6.07, 6.45) is 0. The zero-order valence-electron chi connectivity index (χ0n) is 14.6. The summed E-state index contributed by atoms with van der Waals surface area (Å²) in [6, 6.07) is 8.45. The monoisotopic (exact) mass is 621 g/mol. The quantitative estimate of drug-likeness (QED) is 0.292. The third-order valence-corrected chi connectivity index (χ3v) is 7.94. The molecule has 0 bridgehead atoms. The van der Waals surface area contributed by atoms with Gasteiger partial charge in [-0.1, -0.05) is 23.7 Å². The number of methoxy groups -OCH3 is 1. The molecule has 5 nitrogen and oxygen atoms in total. The van der Waals surface area contributed by atoms with E-state index in [1.807, 2.05) is 0 Å². The van der Waals surface area contributed by atoms with Gasteiger partial charge in [-0.3, -0.25) is 4.79 Å². The van der Waals surface area contributed by atoms with Crippen LogP contribution in [0.1, 0.15) is 20.7 Å². The van der Waals surface area contributed by atoms with E-state index in [9.17, 15) is 14.7 Å². The van der Waals surface area contributed by atoms with Crippen molar-refractivity contribution >= 4 is 88.3 Å². The van der Waals surface area contributed by atoms with Gasteiger partial charge in [-0.05, 0) is 71.6 Å². The maximum atomic E-state index is 12.9. The van der Waals surface area contributed by atoms with E-state index in [2.05, 4.69) is 53.1 Å². The molecule has 0 aliphatic carbocycles. The van der Waals surface area contributed by atoms with E-state index in [-0.39, 0.29) is 16.8 Å². The number of hydrogen-bond donors (Lipinski definition) is 2. The van der Waals surface area contributed by atoms with E-state index < -0.39 is 11.9 Å². The number of ether oxygens (including phenoxy) is 1. The van der Waals surface area contributed by atoms with Crippen molar-refractivity contribution in [2.45, 2.75) is 0 Å². The third kappa shape index (κ3) is 4.54. The molecule has 2 N–H and O–H groups in total. The van der Waals surface area contributed by atoms with E-state index in [1.165, 1.54) is 18.4 Å². The number of nitrogens with one attached hydrogen (secondary N) is 1. The van der Waals surface area contributed by atoms with Crippen molar-refractivity contribution in [3.05, 3.63) is 65.3 Å². The van der Waals surface area contributed by atoms with Crippen molar-refractivity contribution < 1.29 is 19.4 Å². The normalized spacial score (nSPS) is 10.7. The number of carbonyl (C=O) groups excluding carboxylic acids is 1. The number of rotatable bonds is 5. The van der Waals surface area contributed by atoms with Crippen LogP contribution in [-0.2, 0) is 0 Å². The summed E-state index contributed by atoms with van der Waals surface area (Å²) in [6.45, 7) is 0. The molecule has 1 aromatic heterocycles. The molecule has 10 heteroatoms. The van der Waals surface area contributed by atoms with E-state index >= 15 is 0 Å². The standard InChI is InChI=1S/C19H11Br3ClNO4S/c1-28-16-14(21)10(6-11(20)15(16)22)18(25)24-12-7-29-17(13(12)19(26)27)8-2-4-9(23)5-3-8/h2-7H,1H3,(H,24,25)(H,26,27). The predicted molar refractivity (Wildman–Crippen MR) is 126 cm³/mol. The van der Waals surface area contributed by atoms with E-state index in [0.717, 1.165) is 0 Å². The topological polar surface area (TPSA) is 75.6 Å². The van der Waals surface area contributed by atoms with Crippen molar-refractivity contribution in [2.24, 2.45) is 0 Å². The third-order valence-electron chi connectivity index (χ3n) is 3.92. The van der Waals surface area contributed by atoms with Crippen LogP contribution in [0.3, 0.4) is 0 Å². The van der Waals surface area contributed by atoms with Crippen molar-refractivity contribution in [1.29, 1.82) is 0 Å². The van der Waals surface area contributed by atoms with Gasteiger partial charge in [0.05, 0.1) is 32.2 Å². The van der Waals surface area contributed by atoms with Crippen LogP contribution >= 0.6 is 70.7 Å². The molecular weight excluding hydrogens is 613 g/mol. The van der Waals surface area contributed by atoms with Crippen LogP contribution in [0.2, 0.25) is 5.02 Å². The van der Waals surface area contributed by atoms with Crippen LogP contribution in [0, 0.1) is 0 Å². The Balaban J connectivity index is 2.01. The molecule has 3 rings (SSSR count). The molecule has 2 aromatic carbocycles. The molecule has 0 atom stereocenters. The lowest BCUT2D eigenvalue weighted by Gasteiger charge is -2.13. The fraction of sp³-hybridized carbons (Fsp3) is 0.0526. The Labute approximate surface area is 200 Å². The molecule has 0 aliphatic heterocycles. The summed E-state index contributed by atoms with van der Waals surface area (Å²) >= 11 is 17.3. The number of hydrogen-bond acceptors (Lipinski definition) is 4. The van der Waals surface area contributed by atoms with E-state index in [4.69, 9.17) is 16.3 Å². The molecule has 0 aliphatic rings. The summed E-state index contributed by atoms with van der Waals surface area (Å²) in [7, 11) is 1.48. The van der Waals surface area contributed by atoms with Crippen molar-refractivity contribution in [2.75, 3.05) is 12.4 Å². The minimum absolute atomic E-state index is 0.0185. The first-order chi connectivity index (χ1) is 13.7. The first-order valence-electron chi connectivity index (χ1n) is 7.88. The Bertz CT molecular complexity index is 1120. The Hall–Kier alpha value is -1.39. The molecule has 1 amide bonds. The smallest absolute Gasteiger partial charge is 0.339 e. The molecular formula is C19H11Br3ClNO4S. The van der Waals surface area contributed by atoms with Gasteiger partial charge in [-0.15, -0.1) is 11.3 Å². The number of carboxylic acid groups (broad SMARTS) is 1. The van der Waals surface area contributed by atoms with Crippen LogP contribution in [-0.4, -0.2) is 24.1 Å². The minimum Gasteiger partial charge on any atom is -0.494 e. The van der Waals surface area contributed by atoms with Gasteiger partial charge in [0, 0.05) is 14.9 Å². The van der Waals surface area contributed by atoms with Gasteiger partial charge in [0.15, 0.2) is 0 Å². The number of halogens is 4. The first-order valence-corrected chi connectivity index (χ1v) is 11.5. The fourth-order valence-corrected chi connectivity index (χ4v) is 5.52. The molecule has 0 saturated heterocycles. The number of amides is 1. The average molecular weight is 625 g/mol. The molecule has 0 fully saturated rings. The van der Waals surface area contributed by atoms with Gasteiger partial charge in [-0.25, -0.2) is 4.79 Å². The fourth-order valence-electron chi connectivity index (χ4n) is 2.59. The number of anilines is 1. The molecule has 0 radical (unpaired) electrons. The highest BCUT2D eigenvalue weighted by molar-refractivity contribution is 9.13. The molecule has 3 aromatic rings. The summed E-state index contributed by atoms with van der Waals surface area (Å²) in [5.74, 6) is -1.18. The lowest BCUT2D eigenvalue weighted by Crippen LogP contribution is -2.15. The predicted octanol–water partition coefficient (Wildman–Crippen LogP) is 7.32. The summed E-state index contributed by atoms with van der Waals surface area (Å²) in [5, 5.41) is 14.6. The van der Waals surface area contributed by atoms with Gasteiger partial charge < -0.3 is 15.2 Å². The van der Waals surface area contributed by atoms with Crippen LogP contribution in [0.4, 0.5) is 5.69 Å². The second-order valence-corrected chi connectivity index (χ2v) is 9.44. The zero-order chi connectivity index (χ0) is 21.3. The number of benzene rings is 2. The van der Waals surface area contributed by atoms with Crippen molar-refractivity contribution in [1.82, 2.24) is 0 Å². The maximum absolute atomic E-state index is 12.9. The second-order valence-electron chi connectivity index (χ2n) is 5.69. The molecule has 0 unspecified atom stereocenters. The van der Waals surface area contributed by atoms with E-state index in [1.54, 1.807) is 35.7 Å². The maximum Gasteiger partial charge on any atom is 0.339 e. The second kappa shape index (κ2) is 9.18. The highest BCUT2D eigenvalue weighted by Gasteiger charge is 2.24. The van der Waals surface area contributed by atoms with Gasteiger partial charge in [0.1, 0.15) is 11.3 Å². The first kappa shape index (κ1) is 22.3. The van der Waals surface area contributed by atoms with Crippen LogP contribution in [0.15, 0.2) is 49.1 Å². The number of aromatic carboxylic acids is 1. The van der Waals surface area contributed by atoms with Gasteiger partial charge >= 0.3 is 5.97 Å². The lowest BCUT2D eigenvalue weighted by atomic mass is 10.1. The highest BCUT2D eigenvalue weighted by atomic mass is 79.9. The number of carboxylic acids is 1. The molecule has 1 heterocycles. The van der Waals surface area contributed by atoms with Crippen molar-refractivity contribution in [3.8, 4) is 16.2 Å². The summed E-state index contributed by atoms with van der Waals surface area (Å²) in [4.78, 5) is 25.3. The SMILES string of the molecule is COc1c(Br)c(Br)cc(C(=O)Nc2csc(-c3ccc(Cl)cc3)c2C(=O)O)c1Br. The van der Waals surface area contributed by atoms with Gasteiger partial charge in [0.2, 0.25) is 0 Å². The average Bonchev–Trinajstić information content (AvgIpc) is 3.09. The lowest BCUT2D eigenvalue weighted by molar-refractivity contribution is 0.0699. The van der Waals surface area contributed by atoms with Gasteiger partial charge in [0.25, 0.3) is 5.91 Å². The van der Waals surface area contributed by atoms with Crippen molar-refractivity contribution in [3.63, 3.8) is 0 Å². The molecule has 29 heavy (non-hydrogen) atoms. The summed E-state index contributed by atoms with van der Waals surface area (Å²) < 4.78 is 7.03. The van der Waals surface area contributed by atoms with Gasteiger partial charge in [-0.2, -0.15) is 0 Å².